The predicted octanol–water partition coefficient (Wildman–Crippen LogP) is 3.18. The number of carbonyl (C=O) groups is 1. The summed E-state index contributed by atoms with van der Waals surface area (Å²) in [6.45, 7) is 4.59. The second kappa shape index (κ2) is 7.33. The van der Waals surface area contributed by atoms with Crippen molar-refractivity contribution in [3.05, 3.63) is 52.6 Å². The minimum Gasteiger partial charge on any atom is -0.280 e. The van der Waals surface area contributed by atoms with Crippen LogP contribution >= 0.6 is 11.3 Å². The van der Waals surface area contributed by atoms with Crippen LogP contribution in [0.15, 0.2) is 30.9 Å². The van der Waals surface area contributed by atoms with Gasteiger partial charge < -0.3 is 0 Å². The molecule has 1 aliphatic carbocycles. The fourth-order valence-electron chi connectivity index (χ4n) is 3.84. The molecule has 0 saturated heterocycles. The van der Waals surface area contributed by atoms with Gasteiger partial charge in [-0.25, -0.2) is 13.4 Å². The van der Waals surface area contributed by atoms with E-state index in [4.69, 9.17) is 4.98 Å². The van der Waals surface area contributed by atoms with Gasteiger partial charge in [0.25, 0.3) is 5.91 Å². The summed E-state index contributed by atoms with van der Waals surface area (Å²) < 4.78 is 25.2. The average molecular weight is 418 g/mol. The van der Waals surface area contributed by atoms with Crippen molar-refractivity contribution >= 4 is 38.1 Å². The quantitative estimate of drug-likeness (QED) is 0.701. The monoisotopic (exact) mass is 417 g/mol. The molecule has 1 aromatic carbocycles. The lowest BCUT2D eigenvalue weighted by Crippen LogP contribution is -2.31. The van der Waals surface area contributed by atoms with Gasteiger partial charge in [0.2, 0.25) is 10.0 Å². The summed E-state index contributed by atoms with van der Waals surface area (Å²) in [5.41, 5.74) is 3.21. The number of anilines is 2. The lowest BCUT2D eigenvalue weighted by atomic mass is 10.0. The maximum atomic E-state index is 13.2. The number of rotatable bonds is 5. The van der Waals surface area contributed by atoms with Gasteiger partial charge in [0.05, 0.1) is 17.6 Å². The zero-order valence-corrected chi connectivity index (χ0v) is 17.5. The van der Waals surface area contributed by atoms with E-state index in [2.05, 4.69) is 6.58 Å². The van der Waals surface area contributed by atoms with Crippen molar-refractivity contribution in [2.75, 3.05) is 28.6 Å². The van der Waals surface area contributed by atoms with E-state index >= 15 is 0 Å². The molecule has 0 atom stereocenters. The molecule has 1 aliphatic heterocycles. The van der Waals surface area contributed by atoms with Crippen LogP contribution in [0.25, 0.3) is 0 Å². The van der Waals surface area contributed by atoms with Crippen LogP contribution in [0.2, 0.25) is 0 Å². The molecule has 0 radical (unpaired) electrons. The Kier molecular flexibility index (Phi) is 5.01. The fourth-order valence-corrected chi connectivity index (χ4v) is 5.95. The first-order chi connectivity index (χ1) is 13.4. The summed E-state index contributed by atoms with van der Waals surface area (Å²) in [5.74, 6) is -0.133. The van der Waals surface area contributed by atoms with E-state index in [-0.39, 0.29) is 5.91 Å². The molecule has 2 heterocycles. The van der Waals surface area contributed by atoms with Crippen LogP contribution in [-0.4, -0.2) is 38.7 Å². The Morgan fingerprint density at radius 3 is 2.82 bits per heavy atom. The Labute approximate surface area is 169 Å². The van der Waals surface area contributed by atoms with E-state index in [1.54, 1.807) is 34.4 Å². The van der Waals surface area contributed by atoms with Crippen LogP contribution in [-0.2, 0) is 29.3 Å². The number of aromatic nitrogens is 1. The summed E-state index contributed by atoms with van der Waals surface area (Å²) in [4.78, 5) is 20.9. The summed E-state index contributed by atoms with van der Waals surface area (Å²) in [7, 11) is -3.30. The highest BCUT2D eigenvalue weighted by atomic mass is 32.2. The smallest absolute Gasteiger partial charge is 0.260 e. The van der Waals surface area contributed by atoms with Crippen molar-refractivity contribution < 1.29 is 13.2 Å². The average Bonchev–Trinajstić information content (AvgIpc) is 3.28. The molecule has 4 rings (SSSR count). The Hall–Kier alpha value is -2.19. The van der Waals surface area contributed by atoms with E-state index in [0.717, 1.165) is 35.7 Å². The van der Waals surface area contributed by atoms with Crippen molar-refractivity contribution in [3.63, 3.8) is 0 Å². The third kappa shape index (κ3) is 3.46. The van der Waals surface area contributed by atoms with Gasteiger partial charge in [-0.3, -0.25) is 14.0 Å². The third-order valence-electron chi connectivity index (χ3n) is 5.20. The molecular formula is C20H23N3O3S2. The SMILES string of the molecule is C=CCN(C(=O)c1ccc2c(c1)CCN2S(C)(=O)=O)c1nc2c(s1)CCCC2. The predicted molar refractivity (Wildman–Crippen MR) is 113 cm³/mol. The number of carbonyl (C=O) groups excluding carboxylic acids is 1. The largest absolute Gasteiger partial charge is 0.280 e. The highest BCUT2D eigenvalue weighted by molar-refractivity contribution is 7.92. The number of thiazole rings is 1. The van der Waals surface area contributed by atoms with Crippen LogP contribution in [0.4, 0.5) is 10.8 Å². The van der Waals surface area contributed by atoms with Gasteiger partial charge in [0.15, 0.2) is 5.13 Å². The molecule has 0 bridgehead atoms. The van der Waals surface area contributed by atoms with E-state index in [9.17, 15) is 13.2 Å². The molecule has 1 aromatic heterocycles. The van der Waals surface area contributed by atoms with E-state index < -0.39 is 10.0 Å². The Morgan fingerprint density at radius 2 is 2.11 bits per heavy atom. The summed E-state index contributed by atoms with van der Waals surface area (Å²) >= 11 is 1.59. The second-order valence-electron chi connectivity index (χ2n) is 7.21. The normalized spacial score (nSPS) is 15.8. The van der Waals surface area contributed by atoms with E-state index in [0.29, 0.717) is 30.8 Å². The summed E-state index contributed by atoms with van der Waals surface area (Å²) in [6.07, 6.45) is 7.84. The van der Waals surface area contributed by atoms with Crippen molar-refractivity contribution in [1.82, 2.24) is 4.98 Å². The van der Waals surface area contributed by atoms with Crippen LogP contribution in [0, 0.1) is 0 Å². The Bertz CT molecular complexity index is 1020. The minimum absolute atomic E-state index is 0.133. The highest BCUT2D eigenvalue weighted by Gasteiger charge is 2.28. The molecule has 2 aromatic rings. The molecule has 2 aliphatic rings. The zero-order chi connectivity index (χ0) is 19.9. The van der Waals surface area contributed by atoms with Crippen LogP contribution in [0.3, 0.4) is 0 Å². The first-order valence-corrected chi connectivity index (χ1v) is 12.1. The van der Waals surface area contributed by atoms with Gasteiger partial charge >= 0.3 is 0 Å². The van der Waals surface area contributed by atoms with Crippen molar-refractivity contribution in [2.24, 2.45) is 0 Å². The molecule has 28 heavy (non-hydrogen) atoms. The number of nitrogens with zero attached hydrogens (tertiary/aromatic N) is 3. The molecule has 0 fully saturated rings. The lowest BCUT2D eigenvalue weighted by Gasteiger charge is -2.19. The van der Waals surface area contributed by atoms with Crippen LogP contribution in [0.1, 0.15) is 39.3 Å². The second-order valence-corrected chi connectivity index (χ2v) is 10.2. The lowest BCUT2D eigenvalue weighted by molar-refractivity contribution is 0.0989. The van der Waals surface area contributed by atoms with Gasteiger partial charge in [-0.05, 0) is 55.9 Å². The highest BCUT2D eigenvalue weighted by Crippen LogP contribution is 2.34. The number of fused-ring (bicyclic) bond motifs is 2. The number of hydrogen-bond acceptors (Lipinski definition) is 5. The maximum Gasteiger partial charge on any atom is 0.260 e. The van der Waals surface area contributed by atoms with Crippen molar-refractivity contribution in [1.29, 1.82) is 0 Å². The van der Waals surface area contributed by atoms with Gasteiger partial charge in [0.1, 0.15) is 0 Å². The van der Waals surface area contributed by atoms with Crippen LogP contribution < -0.4 is 9.21 Å². The molecule has 0 N–H and O–H groups in total. The number of benzene rings is 1. The maximum absolute atomic E-state index is 13.2. The van der Waals surface area contributed by atoms with Gasteiger partial charge in [0, 0.05) is 23.5 Å². The molecular weight excluding hydrogens is 394 g/mol. The van der Waals surface area contributed by atoms with Crippen molar-refractivity contribution in [2.45, 2.75) is 32.1 Å². The molecule has 8 heteroatoms. The third-order valence-corrected chi connectivity index (χ3v) is 7.56. The standard InChI is InChI=1S/C20H23N3O3S2/c1-3-11-22(20-21-16-6-4-5-7-18(16)27-20)19(24)15-8-9-17-14(13-15)10-12-23(17)28(2,25)26/h3,8-9,13H,1,4-7,10-12H2,2H3. The number of aryl methyl sites for hydroxylation is 2. The molecule has 1 amide bonds. The summed E-state index contributed by atoms with van der Waals surface area (Å²) in [5, 5.41) is 0.718. The van der Waals surface area contributed by atoms with Crippen molar-refractivity contribution in [3.8, 4) is 0 Å². The topological polar surface area (TPSA) is 70.6 Å². The fraction of sp³-hybridized carbons (Fsp3) is 0.400. The Morgan fingerprint density at radius 1 is 1.32 bits per heavy atom. The number of hydrogen-bond donors (Lipinski definition) is 0. The first kappa shape index (κ1) is 19.1. The molecule has 0 unspecified atom stereocenters. The molecule has 0 saturated carbocycles. The molecule has 148 valence electrons. The van der Waals surface area contributed by atoms with Crippen LogP contribution in [0.5, 0.6) is 0 Å². The Balaban J connectivity index is 1.65. The number of amides is 1. The summed E-state index contributed by atoms with van der Waals surface area (Å²) in [6, 6.07) is 5.25. The van der Waals surface area contributed by atoms with E-state index in [1.807, 2.05) is 6.07 Å². The molecule has 6 nitrogen and oxygen atoms in total. The zero-order valence-electron chi connectivity index (χ0n) is 15.8. The first-order valence-electron chi connectivity index (χ1n) is 9.40. The van der Waals surface area contributed by atoms with Gasteiger partial charge in [-0.1, -0.05) is 6.08 Å². The van der Waals surface area contributed by atoms with Gasteiger partial charge in [-0.2, -0.15) is 0 Å². The number of sulfonamides is 1. The molecule has 0 spiro atoms. The van der Waals surface area contributed by atoms with Gasteiger partial charge in [-0.15, -0.1) is 17.9 Å². The van der Waals surface area contributed by atoms with E-state index in [1.165, 1.54) is 21.9 Å². The minimum atomic E-state index is -3.30.